The Hall–Kier alpha value is -0.470. The van der Waals surface area contributed by atoms with Gasteiger partial charge in [0, 0.05) is 6.92 Å². The molecule has 0 spiro atoms. The van der Waals surface area contributed by atoms with Gasteiger partial charge in [0.05, 0.1) is 9.13 Å². The monoisotopic (exact) mass is 340 g/mol. The van der Waals surface area contributed by atoms with Crippen LogP contribution < -0.4 is 0 Å². The van der Waals surface area contributed by atoms with Crippen molar-refractivity contribution >= 4 is 22.6 Å². The second-order valence-electron chi connectivity index (χ2n) is 2.83. The highest BCUT2D eigenvalue weighted by molar-refractivity contribution is 14.1. The zero-order valence-corrected chi connectivity index (χ0v) is 9.30. The molecule has 0 bridgehead atoms. The van der Waals surface area contributed by atoms with Crippen molar-refractivity contribution in [1.82, 2.24) is 0 Å². The average Bonchev–Trinajstić information content (AvgIpc) is 2.09. The molecule has 0 amide bonds. The van der Waals surface area contributed by atoms with Crippen LogP contribution in [0, 0.1) is 26.8 Å². The molecule has 0 heterocycles. The first-order valence-corrected chi connectivity index (χ1v) is 4.65. The lowest BCUT2D eigenvalue weighted by Gasteiger charge is -2.14. The summed E-state index contributed by atoms with van der Waals surface area (Å²) < 4.78 is 75.9. The predicted molar refractivity (Wildman–Crippen MR) is 48.6 cm³/mol. The van der Waals surface area contributed by atoms with Gasteiger partial charge in [-0.15, -0.1) is 0 Å². The van der Waals surface area contributed by atoms with Crippen LogP contribution in [-0.4, -0.2) is 0 Å². The Morgan fingerprint density at radius 2 is 1.20 bits per heavy atom. The lowest BCUT2D eigenvalue weighted by molar-refractivity contribution is 0.00817. The van der Waals surface area contributed by atoms with Crippen LogP contribution in [0.4, 0.5) is 26.3 Å². The molecular formula is C8H3F6I. The van der Waals surface area contributed by atoms with Crippen molar-refractivity contribution in [3.8, 4) is 0 Å². The van der Waals surface area contributed by atoms with E-state index >= 15 is 0 Å². The third-order valence-electron chi connectivity index (χ3n) is 1.65. The van der Waals surface area contributed by atoms with Crippen molar-refractivity contribution in [1.29, 1.82) is 0 Å². The summed E-state index contributed by atoms with van der Waals surface area (Å²) in [5.41, 5.74) is -1.89. The number of halogens is 7. The van der Waals surface area contributed by atoms with Gasteiger partial charge in [-0.25, -0.2) is 26.3 Å². The van der Waals surface area contributed by atoms with Crippen LogP contribution in [0.25, 0.3) is 0 Å². The molecule has 0 aliphatic heterocycles. The van der Waals surface area contributed by atoms with Crippen molar-refractivity contribution in [3.05, 3.63) is 32.4 Å². The molecule has 0 fully saturated rings. The maximum Gasteiger partial charge on any atom is 0.276 e. The minimum Gasteiger partial charge on any atom is -0.203 e. The number of hydrogen-bond donors (Lipinski definition) is 0. The molecule has 0 atom stereocenters. The molecular weight excluding hydrogens is 337 g/mol. The molecule has 0 unspecified atom stereocenters. The van der Waals surface area contributed by atoms with Crippen molar-refractivity contribution < 1.29 is 26.3 Å². The van der Waals surface area contributed by atoms with Gasteiger partial charge in [-0.1, -0.05) is 0 Å². The number of hydrogen-bond acceptors (Lipinski definition) is 0. The second kappa shape index (κ2) is 3.84. The molecule has 0 nitrogen and oxygen atoms in total. The highest BCUT2D eigenvalue weighted by atomic mass is 127. The number of benzene rings is 1. The van der Waals surface area contributed by atoms with E-state index in [1.807, 2.05) is 0 Å². The van der Waals surface area contributed by atoms with Gasteiger partial charge in [0.2, 0.25) is 0 Å². The first-order valence-electron chi connectivity index (χ1n) is 3.57. The van der Waals surface area contributed by atoms with Crippen LogP contribution >= 0.6 is 22.6 Å². The van der Waals surface area contributed by atoms with Crippen LogP contribution in [0.15, 0.2) is 0 Å². The Balaban J connectivity index is 3.68. The van der Waals surface area contributed by atoms with Crippen molar-refractivity contribution in [2.75, 3.05) is 0 Å². The summed E-state index contributed by atoms with van der Waals surface area (Å²) in [4.78, 5) is 0. The molecule has 1 aromatic carbocycles. The standard InChI is InChI=1S/C8H3F6I/c1-8(13,14)2-3(9)5(11)7(15)6(12)4(2)10/h1H3. The Morgan fingerprint density at radius 1 is 0.867 bits per heavy atom. The Bertz CT molecular complexity index is 380. The van der Waals surface area contributed by atoms with Gasteiger partial charge in [0.15, 0.2) is 23.3 Å². The molecule has 1 aromatic rings. The van der Waals surface area contributed by atoms with Gasteiger partial charge < -0.3 is 0 Å². The van der Waals surface area contributed by atoms with Crippen molar-refractivity contribution in [3.63, 3.8) is 0 Å². The maximum atomic E-state index is 12.9. The minimum absolute atomic E-state index is 0.153. The van der Waals surface area contributed by atoms with E-state index in [9.17, 15) is 26.3 Å². The molecule has 0 aliphatic rings. The van der Waals surface area contributed by atoms with E-state index in [0.29, 0.717) is 0 Å². The fourth-order valence-electron chi connectivity index (χ4n) is 0.990. The molecule has 0 radical (unpaired) electrons. The molecule has 1 rings (SSSR count). The summed E-state index contributed by atoms with van der Waals surface area (Å²) in [6.45, 7) is 0.153. The maximum absolute atomic E-state index is 12.9. The smallest absolute Gasteiger partial charge is 0.203 e. The zero-order chi connectivity index (χ0) is 12.0. The van der Waals surface area contributed by atoms with Crippen LogP contribution in [0.3, 0.4) is 0 Å². The van der Waals surface area contributed by atoms with Crippen LogP contribution in [0.1, 0.15) is 12.5 Å². The molecule has 15 heavy (non-hydrogen) atoms. The van der Waals surface area contributed by atoms with Gasteiger partial charge in [-0.3, -0.25) is 0 Å². The molecule has 0 saturated heterocycles. The summed E-state index contributed by atoms with van der Waals surface area (Å²) >= 11 is 0.990. The van der Waals surface area contributed by atoms with Gasteiger partial charge >= 0.3 is 0 Å². The Kier molecular flexibility index (Phi) is 3.22. The van der Waals surface area contributed by atoms with Gasteiger partial charge in [-0.2, -0.15) is 0 Å². The highest BCUT2D eigenvalue weighted by Crippen LogP contribution is 2.35. The van der Waals surface area contributed by atoms with Gasteiger partial charge in [0.1, 0.15) is 0 Å². The highest BCUT2D eigenvalue weighted by Gasteiger charge is 2.37. The van der Waals surface area contributed by atoms with E-state index in [0.717, 1.165) is 22.6 Å². The quantitative estimate of drug-likeness (QED) is 0.314. The largest absolute Gasteiger partial charge is 0.276 e. The molecule has 0 aromatic heterocycles. The van der Waals surface area contributed by atoms with E-state index in [2.05, 4.69) is 0 Å². The summed E-state index contributed by atoms with van der Waals surface area (Å²) in [7, 11) is 0. The fraction of sp³-hybridized carbons (Fsp3) is 0.250. The lowest BCUT2D eigenvalue weighted by atomic mass is 10.1. The Morgan fingerprint density at radius 3 is 1.47 bits per heavy atom. The van der Waals surface area contributed by atoms with Crippen LogP contribution in [0.2, 0.25) is 0 Å². The third kappa shape index (κ3) is 2.06. The summed E-state index contributed by atoms with van der Waals surface area (Å²) in [6, 6.07) is 0. The number of rotatable bonds is 1. The van der Waals surface area contributed by atoms with Gasteiger partial charge in [0.25, 0.3) is 5.92 Å². The molecule has 0 saturated carbocycles. The molecule has 7 heteroatoms. The normalized spacial score (nSPS) is 12.0. The van der Waals surface area contributed by atoms with E-state index in [1.54, 1.807) is 0 Å². The zero-order valence-electron chi connectivity index (χ0n) is 7.15. The SMILES string of the molecule is CC(F)(F)c1c(F)c(F)c(I)c(F)c1F. The summed E-state index contributed by atoms with van der Waals surface area (Å²) in [5.74, 6) is -11.7. The van der Waals surface area contributed by atoms with Crippen molar-refractivity contribution in [2.45, 2.75) is 12.8 Å². The Labute approximate surface area is 94.4 Å². The third-order valence-corrected chi connectivity index (χ3v) is 2.60. The molecule has 0 N–H and O–H groups in total. The lowest BCUT2D eigenvalue weighted by Crippen LogP contribution is -2.17. The topological polar surface area (TPSA) is 0 Å². The first kappa shape index (κ1) is 12.6. The van der Waals surface area contributed by atoms with E-state index < -0.39 is 38.3 Å². The first-order chi connectivity index (χ1) is 6.68. The van der Waals surface area contributed by atoms with E-state index in [1.165, 1.54) is 0 Å². The van der Waals surface area contributed by atoms with E-state index in [-0.39, 0.29) is 6.92 Å². The summed E-state index contributed by atoms with van der Waals surface area (Å²) in [5, 5.41) is 0. The fourth-order valence-corrected chi connectivity index (χ4v) is 1.46. The van der Waals surface area contributed by atoms with Crippen LogP contribution in [-0.2, 0) is 5.92 Å². The second-order valence-corrected chi connectivity index (χ2v) is 3.91. The summed E-state index contributed by atoms with van der Waals surface area (Å²) in [6.07, 6.45) is 0. The number of alkyl halides is 2. The van der Waals surface area contributed by atoms with Crippen LogP contribution in [0.5, 0.6) is 0 Å². The van der Waals surface area contributed by atoms with Crippen molar-refractivity contribution in [2.24, 2.45) is 0 Å². The molecule has 84 valence electrons. The van der Waals surface area contributed by atoms with Gasteiger partial charge in [-0.05, 0) is 22.6 Å². The van der Waals surface area contributed by atoms with E-state index in [4.69, 9.17) is 0 Å². The molecule has 0 aliphatic carbocycles. The minimum atomic E-state index is -3.99. The average molecular weight is 340 g/mol. The predicted octanol–water partition coefficient (Wildman–Crippen LogP) is 3.96.